The summed E-state index contributed by atoms with van der Waals surface area (Å²) in [5.41, 5.74) is 0.972. The Kier molecular flexibility index (Phi) is 5.44. The van der Waals surface area contributed by atoms with Gasteiger partial charge in [0.1, 0.15) is 10.6 Å². The highest BCUT2D eigenvalue weighted by molar-refractivity contribution is 7.89. The number of carbonyl (C=O) groups is 3. The topological polar surface area (TPSA) is 120 Å². The van der Waals surface area contributed by atoms with Crippen molar-refractivity contribution in [2.24, 2.45) is 0 Å². The van der Waals surface area contributed by atoms with Gasteiger partial charge in [0, 0.05) is 32.4 Å². The Bertz CT molecular complexity index is 1070. The molecule has 2 aromatic rings. The van der Waals surface area contributed by atoms with E-state index in [-0.39, 0.29) is 47.8 Å². The quantitative estimate of drug-likeness (QED) is 0.506. The van der Waals surface area contributed by atoms with Crippen molar-refractivity contribution in [3.05, 3.63) is 53.3 Å². The summed E-state index contributed by atoms with van der Waals surface area (Å²) in [5, 5.41) is 0. The Morgan fingerprint density at radius 1 is 1.07 bits per heavy atom. The van der Waals surface area contributed by atoms with E-state index in [2.05, 4.69) is 9.71 Å². The number of hydrogen-bond donors (Lipinski definition) is 2. The number of amides is 3. The molecule has 0 unspecified atom stereocenters. The number of aromatic nitrogens is 1. The molecule has 9 nitrogen and oxygen atoms in total. The molecule has 0 atom stereocenters. The molecule has 2 N–H and O–H groups in total. The number of fused-ring (bicyclic) bond motifs is 1. The maximum Gasteiger partial charge on any atom is 0.270 e. The van der Waals surface area contributed by atoms with Crippen molar-refractivity contribution in [2.75, 3.05) is 26.2 Å². The van der Waals surface area contributed by atoms with Crippen LogP contribution in [-0.4, -0.2) is 67.1 Å². The van der Waals surface area contributed by atoms with E-state index in [1.54, 1.807) is 29.2 Å². The number of aromatic amines is 1. The Morgan fingerprint density at radius 3 is 2.33 bits per heavy atom. The lowest BCUT2D eigenvalue weighted by Gasteiger charge is -2.14. The fourth-order valence-electron chi connectivity index (χ4n) is 3.71. The highest BCUT2D eigenvalue weighted by atomic mass is 32.2. The normalized spacial score (nSPS) is 16.4. The zero-order valence-corrected chi connectivity index (χ0v) is 17.1. The van der Waals surface area contributed by atoms with Gasteiger partial charge in [-0.1, -0.05) is 12.1 Å². The molecule has 0 aliphatic carbocycles. The van der Waals surface area contributed by atoms with Gasteiger partial charge in [-0.2, -0.15) is 0 Å². The number of H-pyrrole nitrogens is 1. The van der Waals surface area contributed by atoms with E-state index in [9.17, 15) is 22.8 Å². The van der Waals surface area contributed by atoms with Crippen molar-refractivity contribution < 1.29 is 22.8 Å². The third-order valence-electron chi connectivity index (χ3n) is 5.32. The molecular weight excluding hydrogens is 408 g/mol. The summed E-state index contributed by atoms with van der Waals surface area (Å²) in [5.74, 6) is -0.942. The second-order valence-corrected chi connectivity index (χ2v) is 9.07. The molecule has 10 heteroatoms. The average Bonchev–Trinajstić information content (AvgIpc) is 3.48. The number of likely N-dealkylation sites (tertiary alicyclic amines) is 1. The van der Waals surface area contributed by atoms with Gasteiger partial charge in [0.05, 0.1) is 11.1 Å². The summed E-state index contributed by atoms with van der Waals surface area (Å²) in [4.78, 5) is 42.5. The number of hydrogen-bond acceptors (Lipinski definition) is 5. The van der Waals surface area contributed by atoms with Crippen molar-refractivity contribution in [1.82, 2.24) is 19.5 Å². The summed E-state index contributed by atoms with van der Waals surface area (Å²) < 4.78 is 27.4. The van der Waals surface area contributed by atoms with Gasteiger partial charge in [-0.25, -0.2) is 13.1 Å². The zero-order valence-electron chi connectivity index (χ0n) is 16.3. The lowest BCUT2D eigenvalue weighted by Crippen LogP contribution is -2.33. The minimum Gasteiger partial charge on any atom is -0.356 e. The van der Waals surface area contributed by atoms with E-state index in [1.807, 2.05) is 0 Å². The molecule has 1 aromatic carbocycles. The molecule has 3 amide bonds. The number of benzene rings is 1. The summed E-state index contributed by atoms with van der Waals surface area (Å²) in [6, 6.07) is 7.92. The van der Waals surface area contributed by atoms with Crippen molar-refractivity contribution in [3.63, 3.8) is 0 Å². The molecule has 0 bridgehead atoms. The van der Waals surface area contributed by atoms with Gasteiger partial charge < -0.3 is 9.88 Å². The van der Waals surface area contributed by atoms with Gasteiger partial charge in [0.25, 0.3) is 17.7 Å². The van der Waals surface area contributed by atoms with Gasteiger partial charge in [-0.3, -0.25) is 19.3 Å². The highest BCUT2D eigenvalue weighted by Gasteiger charge is 2.34. The number of carbonyl (C=O) groups excluding carboxylic acids is 3. The van der Waals surface area contributed by atoms with Crippen molar-refractivity contribution >= 4 is 27.7 Å². The highest BCUT2D eigenvalue weighted by Crippen LogP contribution is 2.22. The van der Waals surface area contributed by atoms with Gasteiger partial charge >= 0.3 is 0 Å². The first-order chi connectivity index (χ1) is 14.4. The van der Waals surface area contributed by atoms with Crippen molar-refractivity contribution in [2.45, 2.75) is 24.2 Å². The van der Waals surface area contributed by atoms with Crippen molar-refractivity contribution in [1.29, 1.82) is 0 Å². The smallest absolute Gasteiger partial charge is 0.270 e. The lowest BCUT2D eigenvalue weighted by molar-refractivity contribution is 0.0652. The Morgan fingerprint density at radius 2 is 1.70 bits per heavy atom. The molecule has 0 saturated carbocycles. The summed E-state index contributed by atoms with van der Waals surface area (Å²) in [7, 11) is -3.81. The van der Waals surface area contributed by atoms with Gasteiger partial charge in [0.2, 0.25) is 10.0 Å². The average molecular weight is 430 g/mol. The third-order valence-corrected chi connectivity index (χ3v) is 6.76. The largest absolute Gasteiger partial charge is 0.356 e. The molecule has 4 rings (SSSR count). The van der Waals surface area contributed by atoms with Crippen LogP contribution in [-0.2, 0) is 10.0 Å². The van der Waals surface area contributed by atoms with Crippen LogP contribution in [0.2, 0.25) is 0 Å². The molecule has 1 saturated heterocycles. The van der Waals surface area contributed by atoms with E-state index < -0.39 is 10.0 Å². The number of nitrogens with one attached hydrogen (secondary N) is 2. The van der Waals surface area contributed by atoms with Gasteiger partial charge in [0.15, 0.2) is 0 Å². The van der Waals surface area contributed by atoms with E-state index in [0.29, 0.717) is 24.2 Å². The molecule has 0 spiro atoms. The summed E-state index contributed by atoms with van der Waals surface area (Å²) in [6.07, 6.45) is 3.46. The van der Waals surface area contributed by atoms with E-state index >= 15 is 0 Å². The van der Waals surface area contributed by atoms with Crippen LogP contribution in [0.3, 0.4) is 0 Å². The van der Waals surface area contributed by atoms with E-state index in [1.165, 1.54) is 12.3 Å². The van der Waals surface area contributed by atoms with Crippen LogP contribution in [0.25, 0.3) is 0 Å². The maximum absolute atomic E-state index is 12.5. The first kappa shape index (κ1) is 20.3. The van der Waals surface area contributed by atoms with Crippen LogP contribution in [0.5, 0.6) is 0 Å². The third kappa shape index (κ3) is 3.75. The number of sulfonamides is 1. The Labute approximate surface area is 174 Å². The van der Waals surface area contributed by atoms with Crippen LogP contribution in [0.4, 0.5) is 0 Å². The van der Waals surface area contributed by atoms with E-state index in [0.717, 1.165) is 17.7 Å². The first-order valence-electron chi connectivity index (χ1n) is 9.81. The zero-order chi connectivity index (χ0) is 21.3. The molecule has 30 heavy (non-hydrogen) atoms. The van der Waals surface area contributed by atoms with Gasteiger partial charge in [-0.05, 0) is 37.5 Å². The predicted octanol–water partition coefficient (Wildman–Crippen LogP) is 1.22. The molecular formula is C20H22N4O5S. The molecule has 3 heterocycles. The van der Waals surface area contributed by atoms with Crippen LogP contribution >= 0.6 is 0 Å². The summed E-state index contributed by atoms with van der Waals surface area (Å²) >= 11 is 0. The van der Waals surface area contributed by atoms with Gasteiger partial charge in [-0.15, -0.1) is 0 Å². The monoisotopic (exact) mass is 430 g/mol. The maximum atomic E-state index is 12.5. The number of rotatable bonds is 7. The first-order valence-corrected chi connectivity index (χ1v) is 11.3. The van der Waals surface area contributed by atoms with E-state index in [4.69, 9.17) is 0 Å². The number of nitrogens with zero attached hydrogens (tertiary/aromatic N) is 2. The molecule has 0 radical (unpaired) electrons. The molecule has 158 valence electrons. The number of imide groups is 1. The SMILES string of the molecule is O=C(c1cc(S(=O)(=O)NCCCN2C(=O)c3ccccc3C2=O)c[nH]1)N1CCCC1. The van der Waals surface area contributed by atoms with Crippen molar-refractivity contribution in [3.8, 4) is 0 Å². The molecule has 1 fully saturated rings. The minimum atomic E-state index is -3.81. The Hall–Kier alpha value is -2.98. The lowest BCUT2D eigenvalue weighted by atomic mass is 10.1. The Balaban J connectivity index is 1.32. The second-order valence-electron chi connectivity index (χ2n) is 7.31. The van der Waals surface area contributed by atoms with Crippen LogP contribution in [0.1, 0.15) is 50.5 Å². The standard InChI is InChI=1S/C20H22N4O5S/c25-18-15-6-1-2-7-16(15)19(26)24(18)11-5-8-22-30(28,29)14-12-17(21-13-14)20(27)23-9-3-4-10-23/h1-2,6-7,12-13,21-22H,3-5,8-11H2. The molecule has 2 aliphatic rings. The summed E-state index contributed by atoms with van der Waals surface area (Å²) in [6.45, 7) is 1.52. The minimum absolute atomic E-state index is 0.0224. The molecule has 1 aromatic heterocycles. The van der Waals surface area contributed by atoms with Crippen LogP contribution in [0, 0.1) is 0 Å². The fraction of sp³-hybridized carbons (Fsp3) is 0.350. The van der Waals surface area contributed by atoms with Crippen LogP contribution < -0.4 is 4.72 Å². The fourth-order valence-corrected chi connectivity index (χ4v) is 4.78. The van der Waals surface area contributed by atoms with Crippen LogP contribution in [0.15, 0.2) is 41.4 Å². The predicted molar refractivity (Wildman–Crippen MR) is 108 cm³/mol. The molecule has 2 aliphatic heterocycles. The second kappa shape index (κ2) is 8.04.